The van der Waals surface area contributed by atoms with E-state index in [0.717, 1.165) is 25.7 Å². The van der Waals surface area contributed by atoms with Crippen LogP contribution in [0.2, 0.25) is 0 Å². The minimum atomic E-state index is -0.362. The average molecular weight is 291 g/mol. The molecule has 2 unspecified atom stereocenters. The van der Waals surface area contributed by atoms with Crippen LogP contribution in [0.3, 0.4) is 0 Å². The smallest absolute Gasteiger partial charge is 0.223 e. The van der Waals surface area contributed by atoms with Crippen LogP contribution in [-0.2, 0) is 11.3 Å². The molecule has 4 nitrogen and oxygen atoms in total. The maximum absolute atomic E-state index is 12.8. The van der Waals surface area contributed by atoms with E-state index in [2.05, 4.69) is 10.3 Å². The van der Waals surface area contributed by atoms with Crippen LogP contribution in [0.15, 0.2) is 18.3 Å². The van der Waals surface area contributed by atoms with Crippen molar-refractivity contribution in [3.8, 4) is 0 Å². The Morgan fingerprint density at radius 3 is 2.67 bits per heavy atom. The quantitative estimate of drug-likeness (QED) is 0.895. The van der Waals surface area contributed by atoms with E-state index in [-0.39, 0.29) is 23.7 Å². The first-order valence-electron chi connectivity index (χ1n) is 7.77. The molecule has 2 aliphatic rings. The molecule has 0 radical (unpaired) electrons. The van der Waals surface area contributed by atoms with Gasteiger partial charge in [0.25, 0.3) is 0 Å². The molecule has 2 saturated carbocycles. The third-order valence-electron chi connectivity index (χ3n) is 5.02. The van der Waals surface area contributed by atoms with Crippen molar-refractivity contribution in [1.82, 2.24) is 10.3 Å². The number of carbonyl (C=O) groups is 1. The van der Waals surface area contributed by atoms with E-state index in [1.54, 1.807) is 6.07 Å². The van der Waals surface area contributed by atoms with E-state index in [1.165, 1.54) is 18.7 Å². The molecule has 1 amide bonds. The fourth-order valence-electron chi connectivity index (χ4n) is 3.84. The van der Waals surface area contributed by atoms with Gasteiger partial charge in [-0.15, -0.1) is 0 Å². The fraction of sp³-hybridized carbons (Fsp3) is 0.625. The van der Waals surface area contributed by atoms with Crippen molar-refractivity contribution in [2.75, 3.05) is 0 Å². The molecule has 0 aromatic carbocycles. The van der Waals surface area contributed by atoms with Gasteiger partial charge in [0, 0.05) is 12.0 Å². The van der Waals surface area contributed by atoms with E-state index in [4.69, 9.17) is 5.73 Å². The van der Waals surface area contributed by atoms with Crippen LogP contribution < -0.4 is 11.1 Å². The Morgan fingerprint density at radius 2 is 2.05 bits per heavy atom. The zero-order valence-corrected chi connectivity index (χ0v) is 12.1. The number of hydrogen-bond acceptors (Lipinski definition) is 3. The summed E-state index contributed by atoms with van der Waals surface area (Å²) in [6.45, 7) is 0.358. The summed E-state index contributed by atoms with van der Waals surface area (Å²) in [7, 11) is 0. The van der Waals surface area contributed by atoms with E-state index < -0.39 is 0 Å². The molecular weight excluding hydrogens is 269 g/mol. The lowest BCUT2D eigenvalue weighted by molar-refractivity contribution is -0.128. The Balaban J connectivity index is 1.55. The summed E-state index contributed by atoms with van der Waals surface area (Å²) in [6.07, 6.45) is 6.53. The van der Waals surface area contributed by atoms with Crippen LogP contribution in [0.4, 0.5) is 4.39 Å². The number of hydrogen-bond donors (Lipinski definition) is 2. The van der Waals surface area contributed by atoms with Crippen LogP contribution in [0, 0.1) is 23.6 Å². The van der Waals surface area contributed by atoms with Crippen molar-refractivity contribution < 1.29 is 9.18 Å². The highest BCUT2D eigenvalue weighted by Gasteiger charge is 2.40. The Hall–Kier alpha value is -1.49. The van der Waals surface area contributed by atoms with E-state index in [1.807, 2.05) is 0 Å². The third kappa shape index (κ3) is 3.23. The minimum Gasteiger partial charge on any atom is -0.350 e. The highest BCUT2D eigenvalue weighted by atomic mass is 19.1. The monoisotopic (exact) mass is 291 g/mol. The number of fused-ring (bicyclic) bond motifs is 2. The van der Waals surface area contributed by atoms with Gasteiger partial charge in [-0.25, -0.2) is 4.39 Å². The summed E-state index contributed by atoms with van der Waals surface area (Å²) in [6, 6.07) is 3.24. The van der Waals surface area contributed by atoms with Gasteiger partial charge >= 0.3 is 0 Å². The standard InChI is InChI=1S/C16H22FN3O/c17-13-4-5-14(19-8-13)9-20-16(21)12-6-10-2-1-3-11(7-12)15(10)18/h4-5,8,10-12,15H,1-3,6-7,9,18H2,(H,20,21). The minimum absolute atomic E-state index is 0.0700. The Morgan fingerprint density at radius 1 is 1.33 bits per heavy atom. The molecule has 3 N–H and O–H groups in total. The Labute approximate surface area is 124 Å². The Bertz CT molecular complexity index is 491. The molecule has 0 saturated heterocycles. The molecule has 0 aliphatic heterocycles. The molecule has 2 aliphatic carbocycles. The molecule has 114 valence electrons. The van der Waals surface area contributed by atoms with Crippen LogP contribution in [0.25, 0.3) is 0 Å². The first-order valence-corrected chi connectivity index (χ1v) is 7.77. The van der Waals surface area contributed by atoms with Crippen LogP contribution in [-0.4, -0.2) is 16.9 Å². The second kappa shape index (κ2) is 6.10. The average Bonchev–Trinajstić information content (AvgIpc) is 2.46. The second-order valence-electron chi connectivity index (χ2n) is 6.38. The van der Waals surface area contributed by atoms with E-state index in [9.17, 15) is 9.18 Å². The fourth-order valence-corrected chi connectivity index (χ4v) is 3.84. The van der Waals surface area contributed by atoms with Crippen molar-refractivity contribution in [1.29, 1.82) is 0 Å². The van der Waals surface area contributed by atoms with Gasteiger partial charge in [0.05, 0.1) is 18.4 Å². The molecule has 2 bridgehead atoms. The maximum Gasteiger partial charge on any atom is 0.223 e. The normalized spacial score (nSPS) is 31.7. The highest BCUT2D eigenvalue weighted by molar-refractivity contribution is 5.78. The van der Waals surface area contributed by atoms with Crippen LogP contribution in [0.5, 0.6) is 0 Å². The first-order chi connectivity index (χ1) is 10.1. The number of nitrogens with two attached hydrogens (primary N) is 1. The van der Waals surface area contributed by atoms with Gasteiger partial charge in [0.15, 0.2) is 0 Å². The SMILES string of the molecule is NC1C2CCCC1CC(C(=O)NCc1ccc(F)cn1)C2. The van der Waals surface area contributed by atoms with Crippen molar-refractivity contribution >= 4 is 5.91 Å². The summed E-state index contributed by atoms with van der Waals surface area (Å²) in [5.74, 6) is 0.791. The van der Waals surface area contributed by atoms with Gasteiger partial charge < -0.3 is 11.1 Å². The molecule has 1 aromatic rings. The zero-order valence-electron chi connectivity index (χ0n) is 12.1. The largest absolute Gasteiger partial charge is 0.350 e. The van der Waals surface area contributed by atoms with Gasteiger partial charge in [-0.05, 0) is 49.7 Å². The topological polar surface area (TPSA) is 68.0 Å². The number of pyridine rings is 1. The number of nitrogens with zero attached hydrogens (tertiary/aromatic N) is 1. The molecule has 2 fully saturated rings. The second-order valence-corrected chi connectivity index (χ2v) is 6.38. The lowest BCUT2D eigenvalue weighted by Crippen LogP contribution is -2.49. The number of rotatable bonds is 3. The predicted octanol–water partition coefficient (Wildman–Crippen LogP) is 1.99. The van der Waals surface area contributed by atoms with Crippen molar-refractivity contribution in [3.05, 3.63) is 29.8 Å². The van der Waals surface area contributed by atoms with Crippen molar-refractivity contribution in [3.63, 3.8) is 0 Å². The summed E-state index contributed by atoms with van der Waals surface area (Å²) in [5, 5.41) is 2.93. The summed E-state index contributed by atoms with van der Waals surface area (Å²) < 4.78 is 12.8. The number of nitrogens with one attached hydrogen (secondary N) is 1. The first kappa shape index (κ1) is 14.4. The molecule has 2 atom stereocenters. The summed E-state index contributed by atoms with van der Waals surface area (Å²) in [4.78, 5) is 16.3. The van der Waals surface area contributed by atoms with Gasteiger partial charge in [-0.1, -0.05) is 6.42 Å². The van der Waals surface area contributed by atoms with Gasteiger partial charge in [0.1, 0.15) is 5.82 Å². The lowest BCUT2D eigenvalue weighted by Gasteiger charge is -2.43. The molecular formula is C16H22FN3O. The van der Waals surface area contributed by atoms with Gasteiger partial charge in [0.2, 0.25) is 5.91 Å². The molecule has 5 heteroatoms. The van der Waals surface area contributed by atoms with Gasteiger partial charge in [-0.3, -0.25) is 9.78 Å². The third-order valence-corrected chi connectivity index (χ3v) is 5.02. The molecule has 3 rings (SSSR count). The summed E-state index contributed by atoms with van der Waals surface area (Å²) >= 11 is 0. The van der Waals surface area contributed by atoms with E-state index >= 15 is 0 Å². The number of amides is 1. The van der Waals surface area contributed by atoms with Crippen LogP contribution >= 0.6 is 0 Å². The van der Waals surface area contributed by atoms with Crippen LogP contribution in [0.1, 0.15) is 37.8 Å². The lowest BCUT2D eigenvalue weighted by atomic mass is 9.65. The van der Waals surface area contributed by atoms with Crippen molar-refractivity contribution in [2.45, 2.75) is 44.7 Å². The zero-order chi connectivity index (χ0) is 14.8. The summed E-state index contributed by atoms with van der Waals surface area (Å²) in [5.41, 5.74) is 6.93. The maximum atomic E-state index is 12.8. The molecule has 1 heterocycles. The highest BCUT2D eigenvalue weighted by Crippen LogP contribution is 2.41. The van der Waals surface area contributed by atoms with Gasteiger partial charge in [-0.2, -0.15) is 0 Å². The Kier molecular flexibility index (Phi) is 4.19. The number of carbonyl (C=O) groups excluding carboxylic acids is 1. The molecule has 1 aromatic heterocycles. The van der Waals surface area contributed by atoms with E-state index in [0.29, 0.717) is 24.1 Å². The van der Waals surface area contributed by atoms with Crippen molar-refractivity contribution in [2.24, 2.45) is 23.5 Å². The predicted molar refractivity (Wildman–Crippen MR) is 77.6 cm³/mol. The molecule has 0 spiro atoms. The molecule has 21 heavy (non-hydrogen) atoms. The number of aromatic nitrogens is 1. The number of halogens is 1.